The number of fused-ring (bicyclic) bond motifs is 1. The van der Waals surface area contributed by atoms with Crippen LogP contribution in [0.3, 0.4) is 0 Å². The molecule has 2 N–H and O–H groups in total. The molecule has 154 valence electrons. The Balaban J connectivity index is 0.00000225. The van der Waals surface area contributed by atoms with Gasteiger partial charge in [0.2, 0.25) is 0 Å². The highest BCUT2D eigenvalue weighted by Gasteiger charge is 2.21. The maximum absolute atomic E-state index is 5.82. The van der Waals surface area contributed by atoms with Crippen molar-refractivity contribution in [3.05, 3.63) is 36.3 Å². The molecule has 1 saturated heterocycles. The Bertz CT molecular complexity index is 727. The van der Waals surface area contributed by atoms with Crippen molar-refractivity contribution in [2.75, 3.05) is 19.7 Å². The summed E-state index contributed by atoms with van der Waals surface area (Å²) in [7, 11) is 0. The molecule has 0 amide bonds. The van der Waals surface area contributed by atoms with Gasteiger partial charge in [-0.15, -0.1) is 24.0 Å². The summed E-state index contributed by atoms with van der Waals surface area (Å²) < 4.78 is 13.2. The number of aliphatic imine (C=N–C) groups is 1. The van der Waals surface area contributed by atoms with E-state index in [4.69, 9.17) is 14.1 Å². The number of ether oxygens (including phenoxy) is 1. The Kier molecular flexibility index (Phi) is 8.13. The van der Waals surface area contributed by atoms with Gasteiger partial charge in [0, 0.05) is 32.0 Å². The summed E-state index contributed by atoms with van der Waals surface area (Å²) in [5.41, 5.74) is 0. The van der Waals surface area contributed by atoms with Crippen LogP contribution in [0, 0.1) is 0 Å². The second kappa shape index (κ2) is 10.8. The van der Waals surface area contributed by atoms with Gasteiger partial charge in [-0.25, -0.2) is 9.67 Å². The standard InChI is InChI=1S/C19H28N6O2.HI/c1-2-10-27-17(4-1)12-21-19(20-9-8-16-5-3-11-26-16)24-15-6-7-18-22-14-23-25(18)13-15;/h3,5,11,14-15,17H,1-2,4,6-10,12-13H2,(H2,20,21,24);1H. The molecule has 1 fully saturated rings. The molecule has 0 bridgehead atoms. The van der Waals surface area contributed by atoms with Gasteiger partial charge >= 0.3 is 0 Å². The number of aryl methyl sites for hydroxylation is 1. The fourth-order valence-electron chi connectivity index (χ4n) is 3.60. The van der Waals surface area contributed by atoms with Crippen LogP contribution in [0.2, 0.25) is 0 Å². The van der Waals surface area contributed by atoms with Gasteiger partial charge in [0.25, 0.3) is 0 Å². The van der Waals surface area contributed by atoms with E-state index in [1.807, 2.05) is 16.8 Å². The minimum atomic E-state index is 0. The quantitative estimate of drug-likeness (QED) is 0.359. The number of hydrogen-bond acceptors (Lipinski definition) is 5. The highest BCUT2D eigenvalue weighted by atomic mass is 127. The van der Waals surface area contributed by atoms with Crippen LogP contribution in [0.25, 0.3) is 0 Å². The van der Waals surface area contributed by atoms with Gasteiger partial charge in [0.05, 0.1) is 25.5 Å². The summed E-state index contributed by atoms with van der Waals surface area (Å²) in [4.78, 5) is 9.09. The van der Waals surface area contributed by atoms with Crippen LogP contribution in [0.15, 0.2) is 34.1 Å². The van der Waals surface area contributed by atoms with Crippen LogP contribution in [0.1, 0.15) is 37.3 Å². The Morgan fingerprint density at radius 3 is 3.11 bits per heavy atom. The number of rotatable bonds is 6. The van der Waals surface area contributed by atoms with Gasteiger partial charge in [0.1, 0.15) is 17.9 Å². The number of aromatic nitrogens is 3. The summed E-state index contributed by atoms with van der Waals surface area (Å²) in [6.07, 6.45) is 9.84. The first kappa shape index (κ1) is 21.1. The molecule has 2 aromatic rings. The average molecular weight is 500 g/mol. The largest absolute Gasteiger partial charge is 0.469 e. The highest BCUT2D eigenvalue weighted by Crippen LogP contribution is 2.13. The van der Waals surface area contributed by atoms with Crippen molar-refractivity contribution >= 4 is 29.9 Å². The number of nitrogens with one attached hydrogen (secondary N) is 2. The van der Waals surface area contributed by atoms with Crippen molar-refractivity contribution < 1.29 is 9.15 Å². The molecule has 2 aliphatic heterocycles. The third-order valence-electron chi connectivity index (χ3n) is 5.12. The number of hydrogen-bond donors (Lipinski definition) is 2. The molecule has 2 aromatic heterocycles. The van der Waals surface area contributed by atoms with E-state index in [1.165, 1.54) is 6.42 Å². The third kappa shape index (κ3) is 5.94. The molecule has 0 aliphatic carbocycles. The minimum Gasteiger partial charge on any atom is -0.469 e. The molecule has 2 atom stereocenters. The number of guanidine groups is 1. The van der Waals surface area contributed by atoms with E-state index in [0.29, 0.717) is 12.6 Å². The summed E-state index contributed by atoms with van der Waals surface area (Å²) in [6.45, 7) is 3.13. The first-order valence-corrected chi connectivity index (χ1v) is 9.92. The number of halogens is 1. The second-order valence-corrected chi connectivity index (χ2v) is 7.17. The molecule has 0 saturated carbocycles. The molecule has 0 radical (unpaired) electrons. The third-order valence-corrected chi connectivity index (χ3v) is 5.12. The summed E-state index contributed by atoms with van der Waals surface area (Å²) in [5, 5.41) is 11.3. The van der Waals surface area contributed by atoms with Crippen LogP contribution < -0.4 is 10.6 Å². The first-order valence-electron chi connectivity index (χ1n) is 9.92. The van der Waals surface area contributed by atoms with Crippen LogP contribution in [0.5, 0.6) is 0 Å². The van der Waals surface area contributed by atoms with Crippen LogP contribution in [-0.2, 0) is 24.1 Å². The van der Waals surface area contributed by atoms with Gasteiger partial charge < -0.3 is 19.8 Å². The molecule has 2 unspecified atom stereocenters. The van der Waals surface area contributed by atoms with E-state index < -0.39 is 0 Å². The molecule has 8 nitrogen and oxygen atoms in total. The van der Waals surface area contributed by atoms with Crippen molar-refractivity contribution in [3.8, 4) is 0 Å². The Labute approximate surface area is 182 Å². The maximum atomic E-state index is 5.82. The Morgan fingerprint density at radius 1 is 1.32 bits per heavy atom. The predicted molar refractivity (Wildman–Crippen MR) is 117 cm³/mol. The lowest BCUT2D eigenvalue weighted by atomic mass is 10.1. The molecule has 9 heteroatoms. The molecular weight excluding hydrogens is 471 g/mol. The average Bonchev–Trinajstić information content (AvgIpc) is 3.38. The van der Waals surface area contributed by atoms with E-state index in [2.05, 4.69) is 20.7 Å². The lowest BCUT2D eigenvalue weighted by Crippen LogP contribution is -2.48. The van der Waals surface area contributed by atoms with E-state index in [9.17, 15) is 0 Å². The zero-order valence-corrected chi connectivity index (χ0v) is 18.4. The summed E-state index contributed by atoms with van der Waals surface area (Å²) in [5.74, 6) is 2.87. The van der Waals surface area contributed by atoms with Crippen LogP contribution in [0.4, 0.5) is 0 Å². The van der Waals surface area contributed by atoms with E-state index in [-0.39, 0.29) is 30.1 Å². The molecule has 0 spiro atoms. The summed E-state index contributed by atoms with van der Waals surface area (Å²) in [6, 6.07) is 4.21. The van der Waals surface area contributed by atoms with Gasteiger partial charge in [-0.3, -0.25) is 4.99 Å². The van der Waals surface area contributed by atoms with E-state index in [0.717, 1.165) is 69.3 Å². The van der Waals surface area contributed by atoms with E-state index >= 15 is 0 Å². The normalized spacial score (nSPS) is 22.2. The van der Waals surface area contributed by atoms with Crippen molar-refractivity contribution in [1.29, 1.82) is 0 Å². The Morgan fingerprint density at radius 2 is 2.29 bits per heavy atom. The fourth-order valence-corrected chi connectivity index (χ4v) is 3.60. The highest BCUT2D eigenvalue weighted by molar-refractivity contribution is 14.0. The lowest BCUT2D eigenvalue weighted by molar-refractivity contribution is 0.0224. The smallest absolute Gasteiger partial charge is 0.191 e. The zero-order chi connectivity index (χ0) is 18.3. The van der Waals surface area contributed by atoms with Gasteiger partial charge in [-0.05, 0) is 37.8 Å². The molecule has 2 aliphatic rings. The SMILES string of the molecule is I.c1coc(CCNC(=NCC2CCCCO2)NC2CCc3ncnn3C2)c1. The van der Waals surface area contributed by atoms with Crippen molar-refractivity contribution in [2.24, 2.45) is 4.99 Å². The second-order valence-electron chi connectivity index (χ2n) is 7.17. The topological polar surface area (TPSA) is 89.5 Å². The Hall–Kier alpha value is -1.62. The number of nitrogens with zero attached hydrogens (tertiary/aromatic N) is 4. The van der Waals surface area contributed by atoms with Crippen molar-refractivity contribution in [3.63, 3.8) is 0 Å². The van der Waals surface area contributed by atoms with Gasteiger partial charge in [0.15, 0.2) is 5.96 Å². The predicted octanol–water partition coefficient (Wildman–Crippen LogP) is 2.15. The zero-order valence-electron chi connectivity index (χ0n) is 16.0. The fraction of sp³-hybridized carbons (Fsp3) is 0.632. The first-order chi connectivity index (χ1) is 13.4. The van der Waals surface area contributed by atoms with E-state index in [1.54, 1.807) is 12.6 Å². The van der Waals surface area contributed by atoms with Gasteiger partial charge in [-0.1, -0.05) is 0 Å². The molecule has 28 heavy (non-hydrogen) atoms. The molecule has 4 rings (SSSR count). The number of furan rings is 1. The lowest BCUT2D eigenvalue weighted by Gasteiger charge is -2.26. The minimum absolute atomic E-state index is 0. The molecule has 4 heterocycles. The van der Waals surface area contributed by atoms with Gasteiger partial charge in [-0.2, -0.15) is 5.10 Å². The summed E-state index contributed by atoms with van der Waals surface area (Å²) >= 11 is 0. The van der Waals surface area contributed by atoms with Crippen molar-refractivity contribution in [1.82, 2.24) is 25.4 Å². The maximum Gasteiger partial charge on any atom is 0.191 e. The van der Waals surface area contributed by atoms with Crippen molar-refractivity contribution in [2.45, 2.75) is 57.2 Å². The van der Waals surface area contributed by atoms with Crippen LogP contribution >= 0.6 is 24.0 Å². The molecular formula is C19H29IN6O2. The molecule has 0 aromatic carbocycles. The van der Waals surface area contributed by atoms with Crippen LogP contribution in [-0.4, -0.2) is 52.6 Å². The monoisotopic (exact) mass is 500 g/mol.